The van der Waals surface area contributed by atoms with Gasteiger partial charge in [0.05, 0.1) is 5.76 Å². The van der Waals surface area contributed by atoms with Crippen LogP contribution in [-0.4, -0.2) is 5.11 Å². The molecule has 2 rings (SSSR count). The van der Waals surface area contributed by atoms with Gasteiger partial charge in [-0.25, -0.2) is 0 Å². The van der Waals surface area contributed by atoms with Crippen LogP contribution in [0.2, 0.25) is 0 Å². The third-order valence-corrected chi connectivity index (χ3v) is 2.09. The summed E-state index contributed by atoms with van der Waals surface area (Å²) in [5.74, 6) is 1.70. The van der Waals surface area contributed by atoms with Crippen molar-refractivity contribution in [2.24, 2.45) is 0 Å². The van der Waals surface area contributed by atoms with Crippen LogP contribution < -0.4 is 4.74 Å². The summed E-state index contributed by atoms with van der Waals surface area (Å²) in [6.45, 7) is 5.49. The Hall–Kier alpha value is -1.96. The van der Waals surface area contributed by atoms with Crippen molar-refractivity contribution in [1.82, 2.24) is 0 Å². The lowest BCUT2D eigenvalue weighted by molar-refractivity contribution is 0.431. The fraction of sp³-hybridized carbons (Fsp3) is 0.0769. The smallest absolute Gasteiger partial charge is 0.127 e. The van der Waals surface area contributed by atoms with Crippen molar-refractivity contribution in [3.8, 4) is 11.5 Å². The molecule has 0 aliphatic rings. The average Bonchev–Trinajstić information content (AvgIpc) is 2.17. The highest BCUT2D eigenvalue weighted by Crippen LogP contribution is 2.24. The van der Waals surface area contributed by atoms with Gasteiger partial charge in [-0.3, -0.25) is 0 Å². The van der Waals surface area contributed by atoms with Crippen LogP contribution in [0.3, 0.4) is 0 Å². The van der Waals surface area contributed by atoms with Gasteiger partial charge in [-0.05, 0) is 42.0 Å². The first kappa shape index (κ1) is 9.59. The maximum Gasteiger partial charge on any atom is 0.127 e. The van der Waals surface area contributed by atoms with Crippen LogP contribution in [0.5, 0.6) is 11.5 Å². The van der Waals surface area contributed by atoms with Crippen LogP contribution in [0.4, 0.5) is 0 Å². The van der Waals surface area contributed by atoms with Crippen LogP contribution >= 0.6 is 0 Å². The molecule has 0 amide bonds. The van der Waals surface area contributed by atoms with Gasteiger partial charge in [-0.15, -0.1) is 0 Å². The molecular formula is C13H12O2. The summed E-state index contributed by atoms with van der Waals surface area (Å²) < 4.78 is 5.40. The second-order valence-electron chi connectivity index (χ2n) is 3.50. The molecule has 0 atom stereocenters. The van der Waals surface area contributed by atoms with E-state index < -0.39 is 0 Å². The topological polar surface area (TPSA) is 29.5 Å². The molecule has 0 fully saturated rings. The normalized spacial score (nSPS) is 10.2. The number of phenols is 1. The van der Waals surface area contributed by atoms with Gasteiger partial charge < -0.3 is 9.84 Å². The first-order valence-corrected chi connectivity index (χ1v) is 4.71. The Labute approximate surface area is 88.4 Å². The number of hydrogen-bond donors (Lipinski definition) is 1. The zero-order valence-corrected chi connectivity index (χ0v) is 8.53. The molecule has 2 aromatic carbocycles. The Morgan fingerprint density at radius 3 is 2.53 bits per heavy atom. The minimum absolute atomic E-state index is 0.274. The molecule has 0 unspecified atom stereocenters. The predicted molar refractivity (Wildman–Crippen MR) is 61.1 cm³/mol. The van der Waals surface area contributed by atoms with E-state index in [9.17, 15) is 5.11 Å². The largest absolute Gasteiger partial charge is 0.508 e. The summed E-state index contributed by atoms with van der Waals surface area (Å²) in [5, 5.41) is 11.3. The zero-order chi connectivity index (χ0) is 10.8. The van der Waals surface area contributed by atoms with Crippen molar-refractivity contribution in [3.05, 3.63) is 48.7 Å². The lowest BCUT2D eigenvalue weighted by Crippen LogP contribution is -1.87. The summed E-state index contributed by atoms with van der Waals surface area (Å²) in [4.78, 5) is 0. The average molecular weight is 200 g/mol. The van der Waals surface area contributed by atoms with Crippen molar-refractivity contribution in [2.75, 3.05) is 0 Å². The number of phenolic OH excluding ortho intramolecular Hbond substituents is 1. The quantitative estimate of drug-likeness (QED) is 0.752. The summed E-state index contributed by atoms with van der Waals surface area (Å²) in [6, 6.07) is 10.9. The highest BCUT2D eigenvalue weighted by Gasteiger charge is 1.98. The van der Waals surface area contributed by atoms with E-state index >= 15 is 0 Å². The Bertz CT molecular complexity index is 515. The number of ether oxygens (including phenoxy) is 1. The van der Waals surface area contributed by atoms with Gasteiger partial charge in [-0.1, -0.05) is 18.7 Å². The molecule has 15 heavy (non-hydrogen) atoms. The second-order valence-corrected chi connectivity index (χ2v) is 3.50. The van der Waals surface area contributed by atoms with E-state index in [1.807, 2.05) is 24.3 Å². The van der Waals surface area contributed by atoms with Gasteiger partial charge >= 0.3 is 0 Å². The van der Waals surface area contributed by atoms with Crippen LogP contribution in [0.1, 0.15) is 6.92 Å². The fourth-order valence-corrected chi connectivity index (χ4v) is 1.48. The summed E-state index contributed by atoms with van der Waals surface area (Å²) in [7, 11) is 0. The van der Waals surface area contributed by atoms with Crippen molar-refractivity contribution in [2.45, 2.75) is 6.92 Å². The molecule has 0 saturated heterocycles. The minimum atomic E-state index is 0.274. The third-order valence-electron chi connectivity index (χ3n) is 2.09. The fourth-order valence-electron chi connectivity index (χ4n) is 1.48. The number of fused-ring (bicyclic) bond motifs is 1. The maximum atomic E-state index is 9.30. The first-order valence-electron chi connectivity index (χ1n) is 4.71. The third kappa shape index (κ3) is 2.10. The molecule has 0 aliphatic heterocycles. The SMILES string of the molecule is C=C(C)Oc1ccc2cc(O)ccc2c1. The summed E-state index contributed by atoms with van der Waals surface area (Å²) in [5.41, 5.74) is 0. The van der Waals surface area contributed by atoms with Crippen LogP contribution in [0.15, 0.2) is 48.7 Å². The Morgan fingerprint density at radius 2 is 1.80 bits per heavy atom. The second kappa shape index (κ2) is 3.65. The molecule has 0 saturated carbocycles. The molecule has 76 valence electrons. The lowest BCUT2D eigenvalue weighted by atomic mass is 10.1. The Balaban J connectivity index is 2.47. The van der Waals surface area contributed by atoms with E-state index in [1.54, 1.807) is 19.1 Å². The standard InChI is InChI=1S/C13H12O2/c1-9(2)15-13-6-4-10-7-12(14)5-3-11(10)8-13/h3-8,14H,1H2,2H3. The van der Waals surface area contributed by atoms with E-state index in [-0.39, 0.29) is 5.75 Å². The lowest BCUT2D eigenvalue weighted by Gasteiger charge is -2.05. The van der Waals surface area contributed by atoms with Crippen molar-refractivity contribution in [3.63, 3.8) is 0 Å². The Morgan fingerprint density at radius 1 is 1.13 bits per heavy atom. The summed E-state index contributed by atoms with van der Waals surface area (Å²) in [6.07, 6.45) is 0. The predicted octanol–water partition coefficient (Wildman–Crippen LogP) is 3.46. The van der Waals surface area contributed by atoms with Crippen molar-refractivity contribution < 1.29 is 9.84 Å². The molecule has 2 nitrogen and oxygen atoms in total. The molecule has 0 aromatic heterocycles. The molecule has 0 radical (unpaired) electrons. The number of benzene rings is 2. The molecule has 0 bridgehead atoms. The number of rotatable bonds is 2. The zero-order valence-electron chi connectivity index (χ0n) is 8.53. The highest BCUT2D eigenvalue weighted by molar-refractivity contribution is 5.85. The molecule has 1 N–H and O–H groups in total. The van der Waals surface area contributed by atoms with Crippen molar-refractivity contribution in [1.29, 1.82) is 0 Å². The molecule has 0 aliphatic carbocycles. The number of aromatic hydroxyl groups is 1. The monoisotopic (exact) mass is 200 g/mol. The van der Waals surface area contributed by atoms with Gasteiger partial charge in [0.1, 0.15) is 11.5 Å². The van der Waals surface area contributed by atoms with E-state index in [2.05, 4.69) is 6.58 Å². The minimum Gasteiger partial charge on any atom is -0.508 e. The summed E-state index contributed by atoms with van der Waals surface area (Å²) >= 11 is 0. The van der Waals surface area contributed by atoms with Crippen molar-refractivity contribution >= 4 is 10.8 Å². The van der Waals surface area contributed by atoms with Gasteiger partial charge in [0.2, 0.25) is 0 Å². The molecular weight excluding hydrogens is 188 g/mol. The molecule has 0 heterocycles. The van der Waals surface area contributed by atoms with Crippen LogP contribution in [0.25, 0.3) is 10.8 Å². The first-order chi connectivity index (χ1) is 7.15. The van der Waals surface area contributed by atoms with E-state index in [4.69, 9.17) is 4.74 Å². The van der Waals surface area contributed by atoms with Gasteiger partial charge in [0.15, 0.2) is 0 Å². The van der Waals surface area contributed by atoms with E-state index in [0.717, 1.165) is 16.5 Å². The number of hydrogen-bond acceptors (Lipinski definition) is 2. The van der Waals surface area contributed by atoms with E-state index in [1.165, 1.54) is 0 Å². The molecule has 2 heteroatoms. The van der Waals surface area contributed by atoms with E-state index in [0.29, 0.717) is 5.76 Å². The van der Waals surface area contributed by atoms with Crippen LogP contribution in [0, 0.1) is 0 Å². The Kier molecular flexibility index (Phi) is 2.34. The molecule has 2 aromatic rings. The molecule has 0 spiro atoms. The maximum absolute atomic E-state index is 9.30. The number of allylic oxidation sites excluding steroid dienone is 1. The van der Waals surface area contributed by atoms with Gasteiger partial charge in [0.25, 0.3) is 0 Å². The highest BCUT2D eigenvalue weighted by atomic mass is 16.5. The van der Waals surface area contributed by atoms with Gasteiger partial charge in [-0.2, -0.15) is 0 Å². The van der Waals surface area contributed by atoms with Gasteiger partial charge in [0, 0.05) is 0 Å². The van der Waals surface area contributed by atoms with Crippen LogP contribution in [-0.2, 0) is 0 Å².